The number of carbonyl (C=O) groups is 1. The molecule has 1 N–H and O–H groups in total. The van der Waals surface area contributed by atoms with Crippen molar-refractivity contribution in [3.63, 3.8) is 0 Å². The molecule has 114 valence electrons. The van der Waals surface area contributed by atoms with Gasteiger partial charge < -0.3 is 10.1 Å². The van der Waals surface area contributed by atoms with Crippen molar-refractivity contribution >= 4 is 11.7 Å². The van der Waals surface area contributed by atoms with Gasteiger partial charge in [-0.25, -0.2) is 4.98 Å². The highest BCUT2D eigenvalue weighted by Gasteiger charge is 2.07. The second-order valence-corrected chi connectivity index (χ2v) is 4.81. The van der Waals surface area contributed by atoms with Gasteiger partial charge in [-0.1, -0.05) is 24.3 Å². The van der Waals surface area contributed by atoms with E-state index in [0.29, 0.717) is 18.0 Å². The van der Waals surface area contributed by atoms with Crippen molar-refractivity contribution in [2.75, 3.05) is 5.32 Å². The summed E-state index contributed by atoms with van der Waals surface area (Å²) in [7, 11) is 0. The SMILES string of the molecule is O=C(Nc1ccccn1)c1ccc(COc2ccccc2)nc1. The molecule has 3 aromatic rings. The van der Waals surface area contributed by atoms with Gasteiger partial charge in [0.2, 0.25) is 0 Å². The number of hydrogen-bond acceptors (Lipinski definition) is 4. The Bertz CT molecular complexity index is 759. The summed E-state index contributed by atoms with van der Waals surface area (Å²) < 4.78 is 5.61. The molecule has 2 heterocycles. The molecule has 0 aliphatic heterocycles. The first kappa shape index (κ1) is 14.7. The number of carbonyl (C=O) groups excluding carboxylic acids is 1. The van der Waals surface area contributed by atoms with Gasteiger partial charge in [0.05, 0.1) is 11.3 Å². The fraction of sp³-hybridized carbons (Fsp3) is 0.0556. The Morgan fingerprint density at radius 2 is 1.78 bits per heavy atom. The van der Waals surface area contributed by atoms with E-state index in [1.807, 2.05) is 36.4 Å². The Hall–Kier alpha value is -3.21. The summed E-state index contributed by atoms with van der Waals surface area (Å²) in [6, 6.07) is 18.3. The normalized spacial score (nSPS) is 10.1. The molecule has 0 unspecified atom stereocenters. The Morgan fingerprint density at radius 1 is 0.957 bits per heavy atom. The number of benzene rings is 1. The highest BCUT2D eigenvalue weighted by atomic mass is 16.5. The number of nitrogens with zero attached hydrogens (tertiary/aromatic N) is 2. The van der Waals surface area contributed by atoms with E-state index in [9.17, 15) is 4.79 Å². The molecule has 0 saturated heterocycles. The van der Waals surface area contributed by atoms with Gasteiger partial charge in [-0.2, -0.15) is 0 Å². The van der Waals surface area contributed by atoms with Crippen LogP contribution in [0.3, 0.4) is 0 Å². The number of aromatic nitrogens is 2. The number of nitrogens with one attached hydrogen (secondary N) is 1. The fourth-order valence-electron chi connectivity index (χ4n) is 1.94. The van der Waals surface area contributed by atoms with Crippen LogP contribution in [0.15, 0.2) is 73.1 Å². The lowest BCUT2D eigenvalue weighted by Crippen LogP contribution is -2.13. The highest BCUT2D eigenvalue weighted by Crippen LogP contribution is 2.11. The van der Waals surface area contributed by atoms with Crippen LogP contribution in [0.4, 0.5) is 5.82 Å². The lowest BCUT2D eigenvalue weighted by Gasteiger charge is -2.07. The quantitative estimate of drug-likeness (QED) is 0.785. The molecule has 0 atom stereocenters. The molecule has 2 aromatic heterocycles. The van der Waals surface area contributed by atoms with Gasteiger partial charge in [-0.05, 0) is 36.4 Å². The molecule has 0 saturated carbocycles. The van der Waals surface area contributed by atoms with E-state index in [4.69, 9.17) is 4.74 Å². The average Bonchev–Trinajstić information content (AvgIpc) is 2.62. The van der Waals surface area contributed by atoms with E-state index in [0.717, 1.165) is 11.4 Å². The molecule has 3 rings (SSSR count). The Kier molecular flexibility index (Phi) is 4.59. The van der Waals surface area contributed by atoms with Crippen LogP contribution in [-0.4, -0.2) is 15.9 Å². The summed E-state index contributed by atoms with van der Waals surface area (Å²) in [5.74, 6) is 1.05. The molecule has 0 radical (unpaired) electrons. The molecule has 1 aromatic carbocycles. The molecule has 0 fully saturated rings. The monoisotopic (exact) mass is 305 g/mol. The van der Waals surface area contributed by atoms with Crippen LogP contribution >= 0.6 is 0 Å². The molecule has 0 aliphatic carbocycles. The summed E-state index contributed by atoms with van der Waals surface area (Å²) in [6.07, 6.45) is 3.15. The van der Waals surface area contributed by atoms with Gasteiger partial charge in [-0.15, -0.1) is 0 Å². The predicted octanol–water partition coefficient (Wildman–Crippen LogP) is 3.31. The Labute approximate surface area is 134 Å². The average molecular weight is 305 g/mol. The minimum Gasteiger partial charge on any atom is -0.487 e. The summed E-state index contributed by atoms with van der Waals surface area (Å²) in [5, 5.41) is 2.71. The Balaban J connectivity index is 1.59. The lowest BCUT2D eigenvalue weighted by atomic mass is 10.2. The van der Waals surface area contributed by atoms with Gasteiger partial charge in [-0.3, -0.25) is 9.78 Å². The van der Waals surface area contributed by atoms with Crippen LogP contribution in [0, 0.1) is 0 Å². The van der Waals surface area contributed by atoms with E-state index in [1.165, 1.54) is 6.20 Å². The standard InChI is InChI=1S/C18H15N3O2/c22-18(21-17-8-4-5-11-19-17)14-9-10-15(20-12-14)13-23-16-6-2-1-3-7-16/h1-12H,13H2,(H,19,21,22). The highest BCUT2D eigenvalue weighted by molar-refractivity contribution is 6.03. The Morgan fingerprint density at radius 3 is 2.48 bits per heavy atom. The zero-order valence-electron chi connectivity index (χ0n) is 12.3. The topological polar surface area (TPSA) is 64.1 Å². The van der Waals surface area contributed by atoms with Gasteiger partial charge >= 0.3 is 0 Å². The van der Waals surface area contributed by atoms with E-state index in [1.54, 1.807) is 30.5 Å². The summed E-state index contributed by atoms with van der Waals surface area (Å²) in [5.41, 5.74) is 1.22. The molecule has 5 nitrogen and oxygen atoms in total. The van der Waals surface area contributed by atoms with Crippen LogP contribution < -0.4 is 10.1 Å². The van der Waals surface area contributed by atoms with Crippen molar-refractivity contribution < 1.29 is 9.53 Å². The van der Waals surface area contributed by atoms with Gasteiger partial charge in [0.15, 0.2) is 0 Å². The van der Waals surface area contributed by atoms with E-state index < -0.39 is 0 Å². The maximum absolute atomic E-state index is 12.1. The number of pyridine rings is 2. The van der Waals surface area contributed by atoms with Crippen molar-refractivity contribution in [2.45, 2.75) is 6.61 Å². The first-order valence-corrected chi connectivity index (χ1v) is 7.16. The number of para-hydroxylation sites is 1. The van der Waals surface area contributed by atoms with Crippen LogP contribution in [0.2, 0.25) is 0 Å². The third-order valence-corrected chi connectivity index (χ3v) is 3.12. The van der Waals surface area contributed by atoms with Crippen molar-refractivity contribution in [1.29, 1.82) is 0 Å². The third-order valence-electron chi connectivity index (χ3n) is 3.12. The molecule has 23 heavy (non-hydrogen) atoms. The predicted molar refractivity (Wildman–Crippen MR) is 87.2 cm³/mol. The third kappa shape index (κ3) is 4.14. The van der Waals surface area contributed by atoms with Crippen LogP contribution in [0.1, 0.15) is 16.1 Å². The fourth-order valence-corrected chi connectivity index (χ4v) is 1.94. The second-order valence-electron chi connectivity index (χ2n) is 4.81. The van der Waals surface area contributed by atoms with Crippen molar-refractivity contribution in [3.8, 4) is 5.75 Å². The molecule has 0 aliphatic rings. The minimum absolute atomic E-state index is 0.244. The molecular weight excluding hydrogens is 290 g/mol. The van der Waals surface area contributed by atoms with Gasteiger partial charge in [0.25, 0.3) is 5.91 Å². The maximum atomic E-state index is 12.1. The zero-order valence-corrected chi connectivity index (χ0v) is 12.3. The van der Waals surface area contributed by atoms with Crippen LogP contribution in [0.25, 0.3) is 0 Å². The van der Waals surface area contributed by atoms with E-state index in [-0.39, 0.29) is 5.91 Å². The first-order valence-electron chi connectivity index (χ1n) is 7.16. The van der Waals surface area contributed by atoms with E-state index in [2.05, 4.69) is 15.3 Å². The smallest absolute Gasteiger partial charge is 0.258 e. The maximum Gasteiger partial charge on any atom is 0.258 e. The van der Waals surface area contributed by atoms with Crippen LogP contribution in [0.5, 0.6) is 5.75 Å². The molecule has 0 bridgehead atoms. The molecular formula is C18H15N3O2. The second kappa shape index (κ2) is 7.17. The van der Waals surface area contributed by atoms with Crippen molar-refractivity contribution in [2.24, 2.45) is 0 Å². The summed E-state index contributed by atoms with van der Waals surface area (Å²) in [6.45, 7) is 0.353. The lowest BCUT2D eigenvalue weighted by molar-refractivity contribution is 0.102. The molecule has 0 spiro atoms. The number of ether oxygens (including phenoxy) is 1. The largest absolute Gasteiger partial charge is 0.487 e. The summed E-state index contributed by atoms with van der Waals surface area (Å²) in [4.78, 5) is 20.4. The number of anilines is 1. The van der Waals surface area contributed by atoms with Gasteiger partial charge in [0.1, 0.15) is 18.2 Å². The molecule has 5 heteroatoms. The van der Waals surface area contributed by atoms with Crippen molar-refractivity contribution in [3.05, 3.63) is 84.3 Å². The number of rotatable bonds is 5. The van der Waals surface area contributed by atoms with Gasteiger partial charge in [0, 0.05) is 12.4 Å². The van der Waals surface area contributed by atoms with Crippen molar-refractivity contribution in [1.82, 2.24) is 9.97 Å². The summed E-state index contributed by atoms with van der Waals surface area (Å²) >= 11 is 0. The number of amides is 1. The first-order chi connectivity index (χ1) is 11.3. The molecule has 1 amide bonds. The zero-order chi connectivity index (χ0) is 15.9. The minimum atomic E-state index is -0.244. The van der Waals surface area contributed by atoms with E-state index >= 15 is 0 Å². The van der Waals surface area contributed by atoms with Crippen LogP contribution in [-0.2, 0) is 6.61 Å². The number of hydrogen-bond donors (Lipinski definition) is 1.